The molecule has 0 aliphatic carbocycles. The van der Waals surface area contributed by atoms with Crippen molar-refractivity contribution >= 4 is 15.7 Å². The minimum absolute atomic E-state index is 0.165. The van der Waals surface area contributed by atoms with E-state index in [1.165, 1.54) is 37.1 Å². The third kappa shape index (κ3) is 2.41. The first-order valence-corrected chi connectivity index (χ1v) is 6.25. The molecule has 0 aromatic carbocycles. The normalized spacial score (nSPS) is 10.6. The number of sulfonamides is 1. The Hall–Kier alpha value is -2.53. The van der Waals surface area contributed by atoms with Gasteiger partial charge < -0.3 is 0 Å². The molecule has 0 amide bonds. The number of hydrogen-bond donors (Lipinski definition) is 1. The number of nitriles is 1. The van der Waals surface area contributed by atoms with Crippen LogP contribution < -0.4 is 4.72 Å². The van der Waals surface area contributed by atoms with E-state index in [0.717, 1.165) is 0 Å². The summed E-state index contributed by atoms with van der Waals surface area (Å²) < 4.78 is 26.3. The van der Waals surface area contributed by atoms with Gasteiger partial charge in [-0.3, -0.25) is 4.72 Å². The lowest BCUT2D eigenvalue weighted by atomic mass is 10.4. The number of aromatic nitrogens is 3. The van der Waals surface area contributed by atoms with Gasteiger partial charge in [-0.2, -0.15) is 5.26 Å². The highest BCUT2D eigenvalue weighted by Crippen LogP contribution is 2.16. The maximum atomic E-state index is 12.0. The highest BCUT2D eigenvalue weighted by atomic mass is 32.2. The molecule has 0 fully saturated rings. The van der Waals surface area contributed by atoms with Gasteiger partial charge in [-0.1, -0.05) is 0 Å². The number of anilines is 1. The molecule has 0 aliphatic heterocycles. The van der Waals surface area contributed by atoms with Crippen LogP contribution in [0.5, 0.6) is 0 Å². The van der Waals surface area contributed by atoms with E-state index in [4.69, 9.17) is 5.26 Å². The molecule has 0 saturated carbocycles. The van der Waals surface area contributed by atoms with Crippen LogP contribution in [0.25, 0.3) is 0 Å². The molecule has 2 rings (SSSR count). The molecule has 2 aromatic rings. The van der Waals surface area contributed by atoms with Gasteiger partial charge in [0.15, 0.2) is 5.69 Å². The SMILES string of the molecule is N#Cc1ncccc1S(=O)(=O)Nc1cncnc1. The van der Waals surface area contributed by atoms with Gasteiger partial charge in [0, 0.05) is 6.20 Å². The van der Waals surface area contributed by atoms with Gasteiger partial charge in [-0.05, 0) is 12.1 Å². The van der Waals surface area contributed by atoms with E-state index in [1.807, 2.05) is 0 Å². The van der Waals surface area contributed by atoms with Gasteiger partial charge in [0.05, 0.1) is 18.1 Å². The highest BCUT2D eigenvalue weighted by molar-refractivity contribution is 7.92. The smallest absolute Gasteiger partial charge is 0.264 e. The Morgan fingerprint density at radius 1 is 1.28 bits per heavy atom. The Labute approximate surface area is 103 Å². The summed E-state index contributed by atoms with van der Waals surface area (Å²) >= 11 is 0. The van der Waals surface area contributed by atoms with Crippen LogP contribution in [0.1, 0.15) is 5.69 Å². The quantitative estimate of drug-likeness (QED) is 0.863. The van der Waals surface area contributed by atoms with Crippen molar-refractivity contribution in [1.29, 1.82) is 5.26 Å². The molecule has 7 nitrogen and oxygen atoms in total. The van der Waals surface area contributed by atoms with Crippen molar-refractivity contribution in [2.24, 2.45) is 0 Å². The zero-order chi connectivity index (χ0) is 13.0. The highest BCUT2D eigenvalue weighted by Gasteiger charge is 2.19. The summed E-state index contributed by atoms with van der Waals surface area (Å²) in [4.78, 5) is 10.9. The van der Waals surface area contributed by atoms with Gasteiger partial charge in [0.1, 0.15) is 17.3 Å². The van der Waals surface area contributed by atoms with Crippen molar-refractivity contribution in [3.05, 3.63) is 42.7 Å². The van der Waals surface area contributed by atoms with Crippen molar-refractivity contribution < 1.29 is 8.42 Å². The second-order valence-electron chi connectivity index (χ2n) is 3.19. The van der Waals surface area contributed by atoms with Crippen LogP contribution >= 0.6 is 0 Å². The van der Waals surface area contributed by atoms with E-state index in [0.29, 0.717) is 0 Å². The third-order valence-corrected chi connectivity index (χ3v) is 3.39. The van der Waals surface area contributed by atoms with Crippen LogP contribution in [0, 0.1) is 11.3 Å². The minimum atomic E-state index is -3.87. The summed E-state index contributed by atoms with van der Waals surface area (Å²) in [7, 11) is -3.87. The van der Waals surface area contributed by atoms with E-state index in [1.54, 1.807) is 6.07 Å². The Balaban J connectivity index is 2.41. The summed E-state index contributed by atoms with van der Waals surface area (Å²) in [5, 5.41) is 8.82. The maximum Gasteiger partial charge on any atom is 0.264 e. The number of nitrogens with one attached hydrogen (secondary N) is 1. The first kappa shape index (κ1) is 11.9. The molecule has 0 aliphatic rings. The van der Waals surface area contributed by atoms with Crippen LogP contribution in [-0.4, -0.2) is 23.4 Å². The Kier molecular flexibility index (Phi) is 3.16. The molecular weight excluding hydrogens is 254 g/mol. The zero-order valence-corrected chi connectivity index (χ0v) is 9.79. The van der Waals surface area contributed by atoms with Crippen molar-refractivity contribution in [2.75, 3.05) is 4.72 Å². The molecule has 8 heteroatoms. The fourth-order valence-corrected chi connectivity index (χ4v) is 2.39. The van der Waals surface area contributed by atoms with Gasteiger partial charge in [-0.15, -0.1) is 0 Å². The van der Waals surface area contributed by atoms with Crippen molar-refractivity contribution in [2.45, 2.75) is 4.90 Å². The van der Waals surface area contributed by atoms with Gasteiger partial charge in [-0.25, -0.2) is 23.4 Å². The summed E-state index contributed by atoms with van der Waals surface area (Å²) in [5.41, 5.74) is 0.0482. The van der Waals surface area contributed by atoms with E-state index in [-0.39, 0.29) is 16.3 Å². The number of hydrogen-bond acceptors (Lipinski definition) is 6. The zero-order valence-electron chi connectivity index (χ0n) is 8.98. The molecule has 0 unspecified atom stereocenters. The van der Waals surface area contributed by atoms with E-state index < -0.39 is 10.0 Å². The average molecular weight is 261 g/mol. The standard InChI is InChI=1S/C10H7N5O2S/c11-4-9-10(2-1-3-14-9)18(16,17)15-8-5-12-7-13-6-8/h1-3,5-7,15H. The fraction of sp³-hybridized carbons (Fsp3) is 0. The van der Waals surface area contributed by atoms with Crippen LogP contribution in [0.3, 0.4) is 0 Å². The first-order valence-electron chi connectivity index (χ1n) is 4.76. The van der Waals surface area contributed by atoms with Crippen LogP contribution in [-0.2, 0) is 10.0 Å². The third-order valence-electron chi connectivity index (χ3n) is 1.98. The molecule has 0 radical (unpaired) electrons. The van der Waals surface area contributed by atoms with Gasteiger partial charge in [0.25, 0.3) is 10.0 Å². The molecule has 0 saturated heterocycles. The van der Waals surface area contributed by atoms with E-state index in [9.17, 15) is 8.42 Å². The summed E-state index contributed by atoms with van der Waals surface area (Å²) in [6.07, 6.45) is 5.26. The lowest BCUT2D eigenvalue weighted by Crippen LogP contribution is -2.15. The maximum absolute atomic E-state index is 12.0. The molecule has 0 bridgehead atoms. The summed E-state index contributed by atoms with van der Waals surface area (Å²) in [6.45, 7) is 0. The van der Waals surface area contributed by atoms with Crippen LogP contribution in [0.15, 0.2) is 41.9 Å². The van der Waals surface area contributed by atoms with Crippen molar-refractivity contribution in [3.8, 4) is 6.07 Å². The molecule has 0 atom stereocenters. The summed E-state index contributed by atoms with van der Waals surface area (Å²) in [6, 6.07) is 4.47. The number of nitrogens with zero attached hydrogens (tertiary/aromatic N) is 4. The molecule has 2 heterocycles. The molecule has 0 spiro atoms. The largest absolute Gasteiger partial charge is 0.276 e. The van der Waals surface area contributed by atoms with Crippen LogP contribution in [0.2, 0.25) is 0 Å². The molecule has 90 valence electrons. The monoisotopic (exact) mass is 261 g/mol. The molecule has 2 aromatic heterocycles. The topological polar surface area (TPSA) is 109 Å². The molecule has 1 N–H and O–H groups in total. The Bertz CT molecular complexity index is 694. The van der Waals surface area contributed by atoms with Gasteiger partial charge in [0.2, 0.25) is 0 Å². The van der Waals surface area contributed by atoms with E-state index >= 15 is 0 Å². The van der Waals surface area contributed by atoms with Crippen molar-refractivity contribution in [3.63, 3.8) is 0 Å². The second-order valence-corrected chi connectivity index (χ2v) is 4.85. The average Bonchev–Trinajstić information content (AvgIpc) is 2.39. The first-order chi connectivity index (χ1) is 8.63. The predicted molar refractivity (Wildman–Crippen MR) is 61.8 cm³/mol. The lowest BCUT2D eigenvalue weighted by Gasteiger charge is -2.07. The fourth-order valence-electron chi connectivity index (χ4n) is 1.25. The summed E-state index contributed by atoms with van der Waals surface area (Å²) in [5.74, 6) is 0. The number of pyridine rings is 1. The second kappa shape index (κ2) is 4.77. The van der Waals surface area contributed by atoms with Crippen LogP contribution in [0.4, 0.5) is 5.69 Å². The van der Waals surface area contributed by atoms with Crippen molar-refractivity contribution in [1.82, 2.24) is 15.0 Å². The molecule has 18 heavy (non-hydrogen) atoms. The minimum Gasteiger partial charge on any atom is -0.276 e. The number of rotatable bonds is 3. The Morgan fingerprint density at radius 3 is 2.67 bits per heavy atom. The molecular formula is C10H7N5O2S. The van der Waals surface area contributed by atoms with Gasteiger partial charge >= 0.3 is 0 Å². The lowest BCUT2D eigenvalue weighted by molar-refractivity contribution is 0.600. The Morgan fingerprint density at radius 2 is 2.00 bits per heavy atom. The van der Waals surface area contributed by atoms with E-state index in [2.05, 4.69) is 19.7 Å². The predicted octanol–water partition coefficient (Wildman–Crippen LogP) is 0.544.